The first-order valence-electron chi connectivity index (χ1n) is 4.91. The Bertz CT molecular complexity index is 368. The standard InChI is InChI=1S/C11H14BrNO3/c1-16-6-2-5-13-10-7-8(12)3-4-9(10)11(14)15/h3-4,7,13H,2,5-6H2,1H3,(H,14,15). The fourth-order valence-corrected chi connectivity index (χ4v) is 1.65. The maximum atomic E-state index is 10.9. The molecule has 0 aromatic heterocycles. The lowest BCUT2D eigenvalue weighted by Crippen LogP contribution is -2.09. The molecule has 1 aromatic carbocycles. The van der Waals surface area contributed by atoms with Crippen molar-refractivity contribution >= 4 is 27.6 Å². The smallest absolute Gasteiger partial charge is 0.337 e. The highest BCUT2D eigenvalue weighted by molar-refractivity contribution is 9.10. The van der Waals surface area contributed by atoms with Gasteiger partial charge >= 0.3 is 5.97 Å². The van der Waals surface area contributed by atoms with Crippen LogP contribution in [0, 0.1) is 0 Å². The minimum atomic E-state index is -0.929. The number of hydrogen-bond donors (Lipinski definition) is 2. The van der Waals surface area contributed by atoms with Gasteiger partial charge in [0.1, 0.15) is 0 Å². The lowest BCUT2D eigenvalue weighted by molar-refractivity contribution is 0.0698. The summed E-state index contributed by atoms with van der Waals surface area (Å²) < 4.78 is 5.77. The molecule has 5 heteroatoms. The summed E-state index contributed by atoms with van der Waals surface area (Å²) in [6.45, 7) is 1.34. The van der Waals surface area contributed by atoms with Gasteiger partial charge in [-0.3, -0.25) is 0 Å². The Morgan fingerprint density at radius 1 is 1.56 bits per heavy atom. The van der Waals surface area contributed by atoms with Crippen LogP contribution in [0.15, 0.2) is 22.7 Å². The third-order valence-corrected chi connectivity index (χ3v) is 2.55. The first-order chi connectivity index (χ1) is 7.65. The minimum absolute atomic E-state index is 0.278. The normalized spacial score (nSPS) is 10.1. The predicted octanol–water partition coefficient (Wildman–Crippen LogP) is 2.60. The van der Waals surface area contributed by atoms with Crippen LogP contribution in [0.4, 0.5) is 5.69 Å². The van der Waals surface area contributed by atoms with Crippen molar-refractivity contribution in [1.82, 2.24) is 0 Å². The fourth-order valence-electron chi connectivity index (χ4n) is 1.29. The maximum absolute atomic E-state index is 10.9. The average Bonchev–Trinajstić information content (AvgIpc) is 2.24. The van der Waals surface area contributed by atoms with Crippen LogP contribution in [0.3, 0.4) is 0 Å². The molecule has 0 heterocycles. The second-order valence-corrected chi connectivity index (χ2v) is 4.18. The number of carbonyl (C=O) groups is 1. The Morgan fingerprint density at radius 3 is 2.94 bits per heavy atom. The molecular weight excluding hydrogens is 274 g/mol. The van der Waals surface area contributed by atoms with Crippen molar-refractivity contribution in [3.05, 3.63) is 28.2 Å². The van der Waals surface area contributed by atoms with Crippen molar-refractivity contribution in [1.29, 1.82) is 0 Å². The summed E-state index contributed by atoms with van der Waals surface area (Å²) in [7, 11) is 1.64. The molecular formula is C11H14BrNO3. The van der Waals surface area contributed by atoms with Gasteiger partial charge in [0.2, 0.25) is 0 Å². The van der Waals surface area contributed by atoms with Crippen LogP contribution in [0.2, 0.25) is 0 Å². The number of rotatable bonds is 6. The lowest BCUT2D eigenvalue weighted by atomic mass is 10.2. The molecule has 0 atom stereocenters. The van der Waals surface area contributed by atoms with Crippen LogP contribution in [0.25, 0.3) is 0 Å². The van der Waals surface area contributed by atoms with E-state index in [1.165, 1.54) is 0 Å². The largest absolute Gasteiger partial charge is 0.478 e. The number of aromatic carboxylic acids is 1. The number of methoxy groups -OCH3 is 1. The van der Waals surface area contributed by atoms with Crippen molar-refractivity contribution in [2.24, 2.45) is 0 Å². The van der Waals surface area contributed by atoms with Crippen molar-refractivity contribution in [3.8, 4) is 0 Å². The molecule has 0 saturated heterocycles. The highest BCUT2D eigenvalue weighted by Gasteiger charge is 2.09. The van der Waals surface area contributed by atoms with Gasteiger partial charge in [0.15, 0.2) is 0 Å². The van der Waals surface area contributed by atoms with Crippen molar-refractivity contribution in [3.63, 3.8) is 0 Å². The third-order valence-electron chi connectivity index (χ3n) is 2.05. The van der Waals surface area contributed by atoms with Crippen molar-refractivity contribution in [2.75, 3.05) is 25.6 Å². The van der Waals surface area contributed by atoms with Gasteiger partial charge in [-0.05, 0) is 24.6 Å². The zero-order valence-electron chi connectivity index (χ0n) is 9.00. The van der Waals surface area contributed by atoms with Gasteiger partial charge in [0.25, 0.3) is 0 Å². The molecule has 0 radical (unpaired) electrons. The summed E-state index contributed by atoms with van der Waals surface area (Å²) in [5.74, 6) is -0.929. The van der Waals surface area contributed by atoms with Crippen molar-refractivity contribution in [2.45, 2.75) is 6.42 Å². The van der Waals surface area contributed by atoms with Gasteiger partial charge in [0, 0.05) is 30.4 Å². The second kappa shape index (κ2) is 6.50. The number of anilines is 1. The van der Waals surface area contributed by atoms with E-state index in [-0.39, 0.29) is 5.56 Å². The molecule has 0 spiro atoms. The van der Waals surface area contributed by atoms with Crippen LogP contribution in [0.1, 0.15) is 16.8 Å². The molecule has 0 bridgehead atoms. The van der Waals surface area contributed by atoms with Gasteiger partial charge < -0.3 is 15.2 Å². The van der Waals surface area contributed by atoms with Crippen LogP contribution in [-0.2, 0) is 4.74 Å². The van der Waals surface area contributed by atoms with E-state index in [1.54, 1.807) is 25.3 Å². The Hall–Kier alpha value is -1.07. The molecule has 0 unspecified atom stereocenters. The zero-order chi connectivity index (χ0) is 12.0. The summed E-state index contributed by atoms with van der Waals surface area (Å²) in [6.07, 6.45) is 0.835. The lowest BCUT2D eigenvalue weighted by Gasteiger charge is -2.09. The Kier molecular flexibility index (Phi) is 5.28. The number of hydrogen-bond acceptors (Lipinski definition) is 3. The number of carboxylic acids is 1. The fraction of sp³-hybridized carbons (Fsp3) is 0.364. The van der Waals surface area contributed by atoms with Crippen molar-refractivity contribution < 1.29 is 14.6 Å². The molecule has 1 aromatic rings. The maximum Gasteiger partial charge on any atom is 0.337 e. The van der Waals surface area contributed by atoms with Crippen LogP contribution >= 0.6 is 15.9 Å². The third kappa shape index (κ3) is 3.83. The first-order valence-corrected chi connectivity index (χ1v) is 5.70. The topological polar surface area (TPSA) is 58.6 Å². The van der Waals surface area contributed by atoms with E-state index in [9.17, 15) is 4.79 Å². The highest BCUT2D eigenvalue weighted by atomic mass is 79.9. The van der Waals surface area contributed by atoms with E-state index in [0.29, 0.717) is 18.8 Å². The Labute approximate surface area is 103 Å². The highest BCUT2D eigenvalue weighted by Crippen LogP contribution is 2.21. The number of carboxylic acid groups (broad SMARTS) is 1. The molecule has 0 fully saturated rings. The molecule has 0 aliphatic rings. The summed E-state index contributed by atoms with van der Waals surface area (Å²) >= 11 is 3.31. The van der Waals surface area contributed by atoms with E-state index in [0.717, 1.165) is 10.9 Å². The molecule has 88 valence electrons. The molecule has 1 rings (SSSR count). The summed E-state index contributed by atoms with van der Waals surface area (Å²) in [5, 5.41) is 12.1. The number of benzene rings is 1. The van der Waals surface area contributed by atoms with E-state index >= 15 is 0 Å². The Morgan fingerprint density at radius 2 is 2.31 bits per heavy atom. The number of halogens is 1. The molecule has 16 heavy (non-hydrogen) atoms. The molecule has 4 nitrogen and oxygen atoms in total. The number of nitrogens with one attached hydrogen (secondary N) is 1. The SMILES string of the molecule is COCCCNc1cc(Br)ccc1C(=O)O. The van der Waals surface area contributed by atoms with E-state index in [1.807, 2.05) is 0 Å². The summed E-state index contributed by atoms with van der Waals surface area (Å²) in [4.78, 5) is 10.9. The molecule has 0 saturated carbocycles. The monoisotopic (exact) mass is 287 g/mol. The van der Waals surface area contributed by atoms with E-state index in [2.05, 4.69) is 21.2 Å². The minimum Gasteiger partial charge on any atom is -0.478 e. The molecule has 2 N–H and O–H groups in total. The quantitative estimate of drug-likeness (QED) is 0.790. The zero-order valence-corrected chi connectivity index (χ0v) is 10.6. The van der Waals surface area contributed by atoms with Gasteiger partial charge in [0.05, 0.1) is 5.56 Å². The summed E-state index contributed by atoms with van der Waals surface area (Å²) in [6, 6.07) is 5.05. The van der Waals surface area contributed by atoms with Crippen LogP contribution in [-0.4, -0.2) is 31.3 Å². The number of ether oxygens (including phenoxy) is 1. The second-order valence-electron chi connectivity index (χ2n) is 3.27. The molecule has 0 amide bonds. The Balaban J connectivity index is 2.68. The van der Waals surface area contributed by atoms with Gasteiger partial charge in [-0.2, -0.15) is 0 Å². The van der Waals surface area contributed by atoms with E-state index < -0.39 is 5.97 Å². The average molecular weight is 288 g/mol. The van der Waals surface area contributed by atoms with Gasteiger partial charge in [-0.25, -0.2) is 4.79 Å². The first kappa shape index (κ1) is 13.0. The van der Waals surface area contributed by atoms with Crippen LogP contribution in [0.5, 0.6) is 0 Å². The van der Waals surface area contributed by atoms with Crippen LogP contribution < -0.4 is 5.32 Å². The molecule has 0 aliphatic heterocycles. The van der Waals surface area contributed by atoms with Gasteiger partial charge in [-0.15, -0.1) is 0 Å². The molecule has 0 aliphatic carbocycles. The van der Waals surface area contributed by atoms with E-state index in [4.69, 9.17) is 9.84 Å². The van der Waals surface area contributed by atoms with Gasteiger partial charge in [-0.1, -0.05) is 15.9 Å². The summed E-state index contributed by atoms with van der Waals surface area (Å²) in [5.41, 5.74) is 0.901. The predicted molar refractivity (Wildman–Crippen MR) is 66.1 cm³/mol.